The predicted octanol–water partition coefficient (Wildman–Crippen LogP) is 6.65. The van der Waals surface area contributed by atoms with E-state index in [2.05, 4.69) is 35.1 Å². The molecule has 3 aromatic carbocycles. The average molecular weight is 584 g/mol. The summed E-state index contributed by atoms with van der Waals surface area (Å²) in [4.78, 5) is 28.7. The van der Waals surface area contributed by atoms with Crippen LogP contribution in [-0.4, -0.2) is 34.9 Å². The van der Waals surface area contributed by atoms with Gasteiger partial charge in [0.1, 0.15) is 17.6 Å². The van der Waals surface area contributed by atoms with Crippen molar-refractivity contribution in [3.63, 3.8) is 0 Å². The number of benzene rings is 3. The Morgan fingerprint density at radius 1 is 1.00 bits per heavy atom. The van der Waals surface area contributed by atoms with Crippen LogP contribution in [0.25, 0.3) is 0 Å². The molecule has 0 spiro atoms. The molecule has 0 aliphatic rings. The number of nitrogens with zero attached hydrogens (tertiary/aromatic N) is 1. The van der Waals surface area contributed by atoms with Gasteiger partial charge in [0, 0.05) is 24.1 Å². The molecule has 0 saturated heterocycles. The Morgan fingerprint density at radius 2 is 1.66 bits per heavy atom. The molecule has 0 aliphatic carbocycles. The Kier molecular flexibility index (Phi) is 10.1. The van der Waals surface area contributed by atoms with Gasteiger partial charge in [0.25, 0.3) is 5.91 Å². The molecule has 1 N–H and O–H groups in total. The van der Waals surface area contributed by atoms with Crippen LogP contribution in [-0.2, 0) is 22.6 Å². The van der Waals surface area contributed by atoms with Gasteiger partial charge in [0.05, 0.1) is 4.47 Å². The minimum atomic E-state index is -0.876. The van der Waals surface area contributed by atoms with Gasteiger partial charge in [-0.2, -0.15) is 0 Å². The maximum Gasteiger partial charge on any atom is 0.261 e. The van der Waals surface area contributed by atoms with Crippen LogP contribution in [0.15, 0.2) is 77.3 Å². The summed E-state index contributed by atoms with van der Waals surface area (Å²) in [6.45, 7) is 9.47. The molecule has 3 aromatic rings. The largest absolute Gasteiger partial charge is 0.483 e. The van der Waals surface area contributed by atoms with E-state index in [1.807, 2.05) is 69.3 Å². The molecule has 7 heteroatoms. The summed E-state index contributed by atoms with van der Waals surface area (Å²) in [5.41, 5.74) is 1.84. The normalized spacial score (nSPS) is 12.2. The van der Waals surface area contributed by atoms with Gasteiger partial charge in [0.15, 0.2) is 6.61 Å². The number of nitrogens with one attached hydrogen (secondary N) is 1. The molecule has 0 saturated carbocycles. The summed E-state index contributed by atoms with van der Waals surface area (Å²) in [6, 6.07) is 20.6. The minimum absolute atomic E-state index is 0.0720. The molecule has 0 fully saturated rings. The van der Waals surface area contributed by atoms with Crippen molar-refractivity contribution in [1.82, 2.24) is 10.2 Å². The number of amides is 2. The molecule has 2 amide bonds. The molecule has 0 aromatic heterocycles. The molecular weight excluding hydrogens is 547 g/mol. The van der Waals surface area contributed by atoms with E-state index < -0.39 is 23.3 Å². The number of hydrogen-bond donors (Lipinski definition) is 1. The summed E-state index contributed by atoms with van der Waals surface area (Å²) < 4.78 is 21.3. The molecule has 0 unspecified atom stereocenters. The molecule has 5 nitrogen and oxygen atoms in total. The van der Waals surface area contributed by atoms with Gasteiger partial charge in [-0.3, -0.25) is 9.59 Å². The van der Waals surface area contributed by atoms with E-state index in [1.165, 1.54) is 11.0 Å². The molecule has 0 aliphatic heterocycles. The van der Waals surface area contributed by atoms with E-state index >= 15 is 0 Å². The molecular formula is C31H36BrFN2O3. The number of carbonyl (C=O) groups excluding carboxylic acids is 2. The van der Waals surface area contributed by atoms with E-state index in [-0.39, 0.29) is 25.5 Å². The van der Waals surface area contributed by atoms with E-state index in [1.54, 1.807) is 18.2 Å². The van der Waals surface area contributed by atoms with Gasteiger partial charge in [-0.05, 0) is 71.9 Å². The van der Waals surface area contributed by atoms with Gasteiger partial charge in [-0.1, -0.05) is 68.4 Å². The van der Waals surface area contributed by atoms with Crippen molar-refractivity contribution < 1.29 is 18.7 Å². The highest BCUT2D eigenvalue weighted by Gasteiger charge is 2.33. The second-order valence-corrected chi connectivity index (χ2v) is 11.5. The molecule has 202 valence electrons. The minimum Gasteiger partial charge on any atom is -0.483 e. The van der Waals surface area contributed by atoms with Crippen LogP contribution in [0.3, 0.4) is 0 Å². The van der Waals surface area contributed by atoms with Crippen LogP contribution in [0.5, 0.6) is 5.75 Å². The second-order valence-electron chi connectivity index (χ2n) is 10.7. The molecule has 3 rings (SSSR count). The van der Waals surface area contributed by atoms with Crippen molar-refractivity contribution in [2.75, 3.05) is 6.61 Å². The van der Waals surface area contributed by atoms with Crippen molar-refractivity contribution in [2.24, 2.45) is 0 Å². The zero-order chi connectivity index (χ0) is 27.9. The number of rotatable bonds is 10. The van der Waals surface area contributed by atoms with Crippen LogP contribution in [0.2, 0.25) is 0 Å². The number of hydrogen-bond acceptors (Lipinski definition) is 3. The molecule has 0 heterocycles. The van der Waals surface area contributed by atoms with E-state index in [9.17, 15) is 14.0 Å². The average Bonchev–Trinajstić information content (AvgIpc) is 2.85. The van der Waals surface area contributed by atoms with Gasteiger partial charge in [-0.25, -0.2) is 4.39 Å². The van der Waals surface area contributed by atoms with Crippen molar-refractivity contribution >= 4 is 27.7 Å². The lowest BCUT2D eigenvalue weighted by molar-refractivity contribution is -0.143. The summed E-state index contributed by atoms with van der Waals surface area (Å²) in [5.74, 6) is -0.301. The maximum atomic E-state index is 14.7. The van der Waals surface area contributed by atoms with Crippen molar-refractivity contribution in [3.8, 4) is 5.75 Å². The highest BCUT2D eigenvalue weighted by atomic mass is 79.9. The fraction of sp³-hybridized carbons (Fsp3) is 0.355. The fourth-order valence-corrected chi connectivity index (χ4v) is 4.54. The first kappa shape index (κ1) is 29.4. The summed E-state index contributed by atoms with van der Waals surface area (Å²) >= 11 is 3.53. The number of ether oxygens (including phenoxy) is 1. The Hall–Kier alpha value is -3.19. The lowest BCUT2D eigenvalue weighted by Gasteiger charge is -2.33. The topological polar surface area (TPSA) is 58.6 Å². The first-order valence-corrected chi connectivity index (χ1v) is 13.5. The molecule has 38 heavy (non-hydrogen) atoms. The van der Waals surface area contributed by atoms with E-state index in [0.717, 1.165) is 15.6 Å². The highest BCUT2D eigenvalue weighted by Crippen LogP contribution is 2.29. The quantitative estimate of drug-likeness (QED) is 0.291. The summed E-state index contributed by atoms with van der Waals surface area (Å²) in [6.07, 6.45) is 0.274. The van der Waals surface area contributed by atoms with Crippen LogP contribution >= 0.6 is 15.9 Å². The number of halogens is 2. The molecule has 0 bridgehead atoms. The maximum absolute atomic E-state index is 14.7. The monoisotopic (exact) mass is 582 g/mol. The van der Waals surface area contributed by atoms with Crippen LogP contribution in [0.1, 0.15) is 57.2 Å². The second kappa shape index (κ2) is 13.1. The standard InChI is InChI=1S/C31H36BrFN2O3/c1-21(2)23-15-16-28(25(32)18-23)38-20-29(36)35(19-24-13-9-10-14-26(24)33)27(30(37)34-31(3,4)5)17-22-11-7-6-8-12-22/h6-16,18,21,27H,17,19-20H2,1-5H3,(H,34,37)/t27-/m0/s1. The Morgan fingerprint density at radius 3 is 2.26 bits per heavy atom. The van der Waals surface area contributed by atoms with Gasteiger partial charge < -0.3 is 15.0 Å². The Bertz CT molecular complexity index is 1240. The van der Waals surface area contributed by atoms with Crippen molar-refractivity contribution in [1.29, 1.82) is 0 Å². The van der Waals surface area contributed by atoms with Gasteiger partial charge >= 0.3 is 0 Å². The molecule has 1 atom stereocenters. The van der Waals surface area contributed by atoms with Gasteiger partial charge in [-0.15, -0.1) is 0 Å². The third-order valence-electron chi connectivity index (χ3n) is 6.04. The summed E-state index contributed by atoms with van der Waals surface area (Å²) in [7, 11) is 0. The van der Waals surface area contributed by atoms with Crippen molar-refractivity contribution in [2.45, 2.75) is 65.1 Å². The lowest BCUT2D eigenvalue weighted by atomic mass is 10.0. The Balaban J connectivity index is 1.94. The van der Waals surface area contributed by atoms with Crippen molar-refractivity contribution in [3.05, 3.63) is 99.8 Å². The predicted molar refractivity (Wildman–Crippen MR) is 153 cm³/mol. The third-order valence-corrected chi connectivity index (χ3v) is 6.66. The zero-order valence-electron chi connectivity index (χ0n) is 22.6. The van der Waals surface area contributed by atoms with Crippen LogP contribution < -0.4 is 10.1 Å². The third kappa shape index (κ3) is 8.42. The summed E-state index contributed by atoms with van der Waals surface area (Å²) in [5, 5.41) is 3.00. The smallest absolute Gasteiger partial charge is 0.261 e. The molecule has 0 radical (unpaired) electrons. The first-order valence-electron chi connectivity index (χ1n) is 12.8. The van der Waals surface area contributed by atoms with Gasteiger partial charge in [0.2, 0.25) is 5.91 Å². The number of carbonyl (C=O) groups is 2. The SMILES string of the molecule is CC(C)c1ccc(OCC(=O)N(Cc2ccccc2F)[C@@H](Cc2ccccc2)C(=O)NC(C)(C)C)c(Br)c1. The first-order chi connectivity index (χ1) is 17.9. The highest BCUT2D eigenvalue weighted by molar-refractivity contribution is 9.10. The van der Waals surface area contributed by atoms with Crippen LogP contribution in [0, 0.1) is 5.82 Å². The van der Waals surface area contributed by atoms with E-state index in [4.69, 9.17) is 4.74 Å². The van der Waals surface area contributed by atoms with E-state index in [0.29, 0.717) is 17.2 Å². The fourth-order valence-electron chi connectivity index (χ4n) is 4.03. The van der Waals surface area contributed by atoms with Crippen LogP contribution in [0.4, 0.5) is 4.39 Å². The zero-order valence-corrected chi connectivity index (χ0v) is 24.2. The Labute approximate surface area is 233 Å². The lowest BCUT2D eigenvalue weighted by Crippen LogP contribution is -2.55.